The van der Waals surface area contributed by atoms with Gasteiger partial charge < -0.3 is 15.0 Å². The van der Waals surface area contributed by atoms with Gasteiger partial charge in [0.15, 0.2) is 0 Å². The van der Waals surface area contributed by atoms with Crippen LogP contribution in [0.15, 0.2) is 0 Å². The van der Waals surface area contributed by atoms with Gasteiger partial charge in [-0.15, -0.1) is 0 Å². The molecular weight excluding hydrogens is 318 g/mol. The standard InChI is InChI=1S/C19H31N3O3/c1-6-14-15(18(24)25-5)13(2)16(21-14)17(23)20-12-19(3,4)22-10-8-7-9-11-22/h21H,6-12H2,1-5H3,(H,20,23). The molecule has 0 aliphatic carbocycles. The molecule has 0 aromatic carbocycles. The second-order valence-corrected chi connectivity index (χ2v) is 7.37. The highest BCUT2D eigenvalue weighted by atomic mass is 16.5. The molecule has 0 bridgehead atoms. The number of hydrogen-bond donors (Lipinski definition) is 2. The molecule has 1 amide bonds. The average Bonchev–Trinajstić information content (AvgIpc) is 2.96. The topological polar surface area (TPSA) is 74.4 Å². The Morgan fingerprint density at radius 1 is 1.24 bits per heavy atom. The SMILES string of the molecule is CCc1[nH]c(C(=O)NCC(C)(C)N2CCCCC2)c(C)c1C(=O)OC. The summed E-state index contributed by atoms with van der Waals surface area (Å²) in [6.45, 7) is 10.8. The zero-order chi connectivity index (χ0) is 18.6. The molecule has 0 spiro atoms. The van der Waals surface area contributed by atoms with E-state index in [1.54, 1.807) is 6.92 Å². The van der Waals surface area contributed by atoms with Gasteiger partial charge in [-0.1, -0.05) is 13.3 Å². The molecule has 1 aliphatic rings. The van der Waals surface area contributed by atoms with E-state index in [9.17, 15) is 9.59 Å². The monoisotopic (exact) mass is 349 g/mol. The van der Waals surface area contributed by atoms with E-state index < -0.39 is 5.97 Å². The van der Waals surface area contributed by atoms with Crippen molar-refractivity contribution in [1.29, 1.82) is 0 Å². The van der Waals surface area contributed by atoms with Crippen LogP contribution in [0.25, 0.3) is 0 Å². The van der Waals surface area contributed by atoms with Gasteiger partial charge in [-0.2, -0.15) is 0 Å². The zero-order valence-electron chi connectivity index (χ0n) is 16.1. The number of hydrogen-bond acceptors (Lipinski definition) is 4. The summed E-state index contributed by atoms with van der Waals surface area (Å²) in [5, 5.41) is 3.03. The maximum atomic E-state index is 12.7. The number of nitrogens with one attached hydrogen (secondary N) is 2. The molecule has 140 valence electrons. The van der Waals surface area contributed by atoms with Gasteiger partial charge in [-0.05, 0) is 58.7 Å². The van der Waals surface area contributed by atoms with Crippen LogP contribution in [0.2, 0.25) is 0 Å². The lowest BCUT2D eigenvalue weighted by atomic mass is 9.98. The van der Waals surface area contributed by atoms with Crippen molar-refractivity contribution in [3.8, 4) is 0 Å². The Morgan fingerprint density at radius 3 is 2.44 bits per heavy atom. The average molecular weight is 349 g/mol. The number of H-pyrrole nitrogens is 1. The number of aromatic nitrogens is 1. The Labute approximate surface area is 150 Å². The van der Waals surface area contributed by atoms with Gasteiger partial charge in [0.2, 0.25) is 0 Å². The molecule has 2 N–H and O–H groups in total. The lowest BCUT2D eigenvalue weighted by Gasteiger charge is -2.41. The first-order valence-electron chi connectivity index (χ1n) is 9.14. The number of carbonyl (C=O) groups excluding carboxylic acids is 2. The maximum absolute atomic E-state index is 12.7. The number of amides is 1. The lowest BCUT2D eigenvalue weighted by Crippen LogP contribution is -2.53. The van der Waals surface area contributed by atoms with Crippen molar-refractivity contribution in [3.63, 3.8) is 0 Å². The van der Waals surface area contributed by atoms with E-state index in [2.05, 4.69) is 29.0 Å². The molecule has 25 heavy (non-hydrogen) atoms. The molecular formula is C19H31N3O3. The Morgan fingerprint density at radius 2 is 1.88 bits per heavy atom. The summed E-state index contributed by atoms with van der Waals surface area (Å²) >= 11 is 0. The molecule has 2 heterocycles. The summed E-state index contributed by atoms with van der Waals surface area (Å²) in [4.78, 5) is 30.2. The van der Waals surface area contributed by atoms with Crippen LogP contribution in [-0.2, 0) is 11.2 Å². The predicted octanol–water partition coefficient (Wildman–Crippen LogP) is 2.67. The van der Waals surface area contributed by atoms with Gasteiger partial charge in [-0.3, -0.25) is 9.69 Å². The molecule has 6 nitrogen and oxygen atoms in total. The van der Waals surface area contributed by atoms with Gasteiger partial charge >= 0.3 is 5.97 Å². The minimum absolute atomic E-state index is 0.0880. The first kappa shape index (κ1) is 19.5. The normalized spacial score (nSPS) is 15.9. The van der Waals surface area contributed by atoms with Crippen molar-refractivity contribution in [3.05, 3.63) is 22.5 Å². The fourth-order valence-corrected chi connectivity index (χ4v) is 3.53. The summed E-state index contributed by atoms with van der Waals surface area (Å²) in [5.74, 6) is -0.578. The number of nitrogens with zero attached hydrogens (tertiary/aromatic N) is 1. The minimum atomic E-state index is -0.404. The number of likely N-dealkylation sites (tertiary alicyclic amines) is 1. The molecule has 1 saturated heterocycles. The molecule has 1 aromatic rings. The van der Waals surface area contributed by atoms with Crippen molar-refractivity contribution in [1.82, 2.24) is 15.2 Å². The summed E-state index contributed by atoms with van der Waals surface area (Å²) in [6.07, 6.45) is 4.36. The minimum Gasteiger partial charge on any atom is -0.465 e. The Bertz CT molecular complexity index is 628. The molecule has 0 radical (unpaired) electrons. The number of piperidine rings is 1. The zero-order valence-corrected chi connectivity index (χ0v) is 16.1. The summed E-state index contributed by atoms with van der Waals surface area (Å²) in [5.41, 5.74) is 2.23. The fourth-order valence-electron chi connectivity index (χ4n) is 3.53. The van der Waals surface area contributed by atoms with E-state index in [0.29, 0.717) is 29.8 Å². The van der Waals surface area contributed by atoms with Crippen molar-refractivity contribution in [2.24, 2.45) is 0 Å². The van der Waals surface area contributed by atoms with Crippen LogP contribution in [0, 0.1) is 6.92 Å². The second-order valence-electron chi connectivity index (χ2n) is 7.37. The van der Waals surface area contributed by atoms with Crippen LogP contribution in [-0.4, -0.2) is 54.0 Å². The van der Waals surface area contributed by atoms with Crippen molar-refractivity contribution in [2.45, 2.75) is 58.9 Å². The highest BCUT2D eigenvalue weighted by molar-refractivity contribution is 6.00. The molecule has 0 unspecified atom stereocenters. The van der Waals surface area contributed by atoms with E-state index in [0.717, 1.165) is 18.8 Å². The molecule has 1 fully saturated rings. The summed E-state index contributed by atoms with van der Waals surface area (Å²) < 4.78 is 4.85. The van der Waals surface area contributed by atoms with Crippen molar-refractivity contribution in [2.75, 3.05) is 26.7 Å². The third-order valence-corrected chi connectivity index (χ3v) is 5.19. The van der Waals surface area contributed by atoms with E-state index in [1.807, 2.05) is 6.92 Å². The second kappa shape index (κ2) is 8.04. The Balaban J connectivity index is 2.10. The van der Waals surface area contributed by atoms with Crippen molar-refractivity contribution < 1.29 is 14.3 Å². The highest BCUT2D eigenvalue weighted by Crippen LogP contribution is 2.22. The number of aromatic amines is 1. The van der Waals surface area contributed by atoms with Gasteiger partial charge in [-0.25, -0.2) is 4.79 Å². The number of aryl methyl sites for hydroxylation is 1. The van der Waals surface area contributed by atoms with Crippen LogP contribution >= 0.6 is 0 Å². The molecule has 2 rings (SSSR count). The highest BCUT2D eigenvalue weighted by Gasteiger charge is 2.29. The van der Waals surface area contributed by atoms with Crippen LogP contribution in [0.3, 0.4) is 0 Å². The lowest BCUT2D eigenvalue weighted by molar-refractivity contribution is 0.0599. The first-order valence-corrected chi connectivity index (χ1v) is 9.14. The molecule has 0 atom stereocenters. The third kappa shape index (κ3) is 4.24. The van der Waals surface area contributed by atoms with Crippen LogP contribution in [0.4, 0.5) is 0 Å². The number of ether oxygens (including phenoxy) is 1. The summed E-state index contributed by atoms with van der Waals surface area (Å²) in [6, 6.07) is 0. The van der Waals surface area contributed by atoms with Gasteiger partial charge in [0.25, 0.3) is 5.91 Å². The largest absolute Gasteiger partial charge is 0.465 e. The molecule has 6 heteroatoms. The number of esters is 1. The predicted molar refractivity (Wildman–Crippen MR) is 98.1 cm³/mol. The molecule has 0 saturated carbocycles. The van der Waals surface area contributed by atoms with E-state index in [4.69, 9.17) is 4.74 Å². The van der Waals surface area contributed by atoms with Gasteiger partial charge in [0.05, 0.1) is 12.7 Å². The van der Waals surface area contributed by atoms with Crippen molar-refractivity contribution >= 4 is 11.9 Å². The molecule has 1 aliphatic heterocycles. The quantitative estimate of drug-likeness (QED) is 0.774. The number of rotatable bonds is 6. The molecule has 1 aromatic heterocycles. The third-order valence-electron chi connectivity index (χ3n) is 5.19. The fraction of sp³-hybridized carbons (Fsp3) is 0.684. The van der Waals surface area contributed by atoms with Crippen LogP contribution in [0.5, 0.6) is 0 Å². The number of carbonyl (C=O) groups is 2. The van der Waals surface area contributed by atoms with Gasteiger partial charge in [0.1, 0.15) is 5.69 Å². The Hall–Kier alpha value is -1.82. The number of methoxy groups -OCH3 is 1. The Kier molecular flexibility index (Phi) is 6.27. The van der Waals surface area contributed by atoms with E-state index in [1.165, 1.54) is 26.4 Å². The van der Waals surface area contributed by atoms with Crippen LogP contribution < -0.4 is 5.32 Å². The maximum Gasteiger partial charge on any atom is 0.339 e. The van der Waals surface area contributed by atoms with E-state index in [-0.39, 0.29) is 11.4 Å². The van der Waals surface area contributed by atoms with Gasteiger partial charge in [0, 0.05) is 17.8 Å². The summed E-state index contributed by atoms with van der Waals surface area (Å²) in [7, 11) is 1.36. The van der Waals surface area contributed by atoms with Crippen LogP contribution in [0.1, 0.15) is 72.1 Å². The smallest absolute Gasteiger partial charge is 0.339 e. The van der Waals surface area contributed by atoms with E-state index >= 15 is 0 Å². The first-order chi connectivity index (χ1) is 11.8.